The number of anilines is 1. The van der Waals surface area contributed by atoms with Gasteiger partial charge in [0.15, 0.2) is 0 Å². The summed E-state index contributed by atoms with van der Waals surface area (Å²) in [7, 11) is -2.25. The summed E-state index contributed by atoms with van der Waals surface area (Å²) in [4.78, 5) is 29.0. The standard InChI is InChI=1S/C36H47N3O7S/c1-25-14-17-31(18-15-25)47(43,44)38(5)23-34-26(2)22-39(27(3)24-40)36(42)32-21-30(37-35(41)29-12-7-6-8-13-29)16-19-33(32)46-28(4)11-9-10-20-45-34/h6-8,12-19,21,26-28,34,40H,9-11,20,22-24H2,1-5H3,(H,37,41)/t26-,27+,28-,34+/m0/s1. The van der Waals surface area contributed by atoms with E-state index in [0.29, 0.717) is 30.0 Å². The number of carbonyl (C=O) groups excluding carboxylic acids is 2. The van der Waals surface area contributed by atoms with E-state index in [0.717, 1.165) is 18.4 Å². The average molecular weight is 666 g/mol. The molecule has 0 saturated heterocycles. The Morgan fingerprint density at radius 1 is 1.06 bits per heavy atom. The number of likely N-dealkylation sites (N-methyl/N-ethyl adjacent to an activating group) is 1. The topological polar surface area (TPSA) is 125 Å². The normalized spacial score (nSPS) is 20.5. The minimum absolute atomic E-state index is 0.0820. The molecule has 0 aliphatic carbocycles. The van der Waals surface area contributed by atoms with E-state index >= 15 is 0 Å². The first-order valence-corrected chi connectivity index (χ1v) is 17.6. The molecule has 0 spiro atoms. The van der Waals surface area contributed by atoms with Crippen LogP contribution in [-0.4, -0.2) is 86.1 Å². The average Bonchev–Trinajstić information content (AvgIpc) is 3.06. The number of carbonyl (C=O) groups is 2. The highest BCUT2D eigenvalue weighted by Crippen LogP contribution is 2.29. The Hall–Kier alpha value is -3.77. The van der Waals surface area contributed by atoms with Gasteiger partial charge in [-0.25, -0.2) is 8.42 Å². The van der Waals surface area contributed by atoms with Crippen LogP contribution in [0.4, 0.5) is 5.69 Å². The van der Waals surface area contributed by atoms with Crippen molar-refractivity contribution in [2.24, 2.45) is 5.92 Å². The number of nitrogens with zero attached hydrogens (tertiary/aromatic N) is 2. The quantitative estimate of drug-likeness (QED) is 0.332. The Kier molecular flexibility index (Phi) is 12.6. The lowest BCUT2D eigenvalue weighted by Crippen LogP contribution is -2.48. The largest absolute Gasteiger partial charge is 0.490 e. The summed E-state index contributed by atoms with van der Waals surface area (Å²) in [6, 6.07) is 20.0. The molecule has 10 nitrogen and oxygen atoms in total. The summed E-state index contributed by atoms with van der Waals surface area (Å²) in [5, 5.41) is 13.1. The Balaban J connectivity index is 1.65. The molecular weight excluding hydrogens is 618 g/mol. The van der Waals surface area contributed by atoms with Gasteiger partial charge in [-0.15, -0.1) is 0 Å². The predicted molar refractivity (Wildman–Crippen MR) is 182 cm³/mol. The van der Waals surface area contributed by atoms with Gasteiger partial charge in [-0.05, 0) is 82.5 Å². The Morgan fingerprint density at radius 3 is 2.45 bits per heavy atom. The van der Waals surface area contributed by atoms with Crippen molar-refractivity contribution in [1.29, 1.82) is 0 Å². The van der Waals surface area contributed by atoms with Crippen LogP contribution in [0.15, 0.2) is 77.7 Å². The maximum absolute atomic E-state index is 14.3. The van der Waals surface area contributed by atoms with Gasteiger partial charge >= 0.3 is 0 Å². The molecule has 4 atom stereocenters. The minimum Gasteiger partial charge on any atom is -0.490 e. The van der Waals surface area contributed by atoms with E-state index in [9.17, 15) is 23.1 Å². The Morgan fingerprint density at radius 2 is 1.77 bits per heavy atom. The number of hydrogen-bond donors (Lipinski definition) is 2. The van der Waals surface area contributed by atoms with Crippen LogP contribution < -0.4 is 10.1 Å². The van der Waals surface area contributed by atoms with E-state index in [1.54, 1.807) is 78.6 Å². The van der Waals surface area contributed by atoms with Gasteiger partial charge in [0, 0.05) is 43.9 Å². The third-order valence-corrected chi connectivity index (χ3v) is 10.3. The lowest BCUT2D eigenvalue weighted by Gasteiger charge is -2.35. The van der Waals surface area contributed by atoms with Crippen molar-refractivity contribution in [2.75, 3.05) is 38.7 Å². The van der Waals surface area contributed by atoms with Crippen LogP contribution in [0, 0.1) is 12.8 Å². The molecule has 3 aromatic rings. The SMILES string of the molecule is Cc1ccc(S(=O)(=O)N(C)C[C@H]2OCCCC[C@H](C)Oc3ccc(NC(=O)c4ccccc4)cc3C(=O)N([C@H](C)CO)C[C@@H]2C)cc1. The fourth-order valence-electron chi connectivity index (χ4n) is 5.50. The molecule has 1 aliphatic rings. The van der Waals surface area contributed by atoms with E-state index in [4.69, 9.17) is 9.47 Å². The lowest BCUT2D eigenvalue weighted by atomic mass is 10.0. The van der Waals surface area contributed by atoms with Crippen LogP contribution in [0.1, 0.15) is 66.3 Å². The number of aliphatic hydroxyl groups is 1. The van der Waals surface area contributed by atoms with Gasteiger partial charge in [0.25, 0.3) is 11.8 Å². The van der Waals surface area contributed by atoms with Crippen LogP contribution in [0.2, 0.25) is 0 Å². The second-order valence-corrected chi connectivity index (χ2v) is 14.5. The summed E-state index contributed by atoms with van der Waals surface area (Å²) in [5.74, 6) is -0.618. The smallest absolute Gasteiger partial charge is 0.258 e. The number of aliphatic hydroxyl groups excluding tert-OH is 1. The van der Waals surface area contributed by atoms with Crippen molar-refractivity contribution in [2.45, 2.75) is 70.1 Å². The zero-order chi connectivity index (χ0) is 34.1. The fraction of sp³-hybridized carbons (Fsp3) is 0.444. The molecule has 0 bridgehead atoms. The van der Waals surface area contributed by atoms with Crippen LogP contribution in [0.3, 0.4) is 0 Å². The number of rotatable bonds is 8. The molecule has 0 unspecified atom stereocenters. The lowest BCUT2D eigenvalue weighted by molar-refractivity contribution is -0.00834. The van der Waals surface area contributed by atoms with Crippen LogP contribution in [-0.2, 0) is 14.8 Å². The molecule has 47 heavy (non-hydrogen) atoms. The van der Waals surface area contributed by atoms with Gasteiger partial charge in [-0.2, -0.15) is 4.31 Å². The van der Waals surface area contributed by atoms with Gasteiger partial charge in [0.1, 0.15) is 5.75 Å². The zero-order valence-corrected chi connectivity index (χ0v) is 28.7. The van der Waals surface area contributed by atoms with Gasteiger partial charge in [-0.3, -0.25) is 9.59 Å². The van der Waals surface area contributed by atoms with Crippen LogP contribution in [0.5, 0.6) is 5.75 Å². The third kappa shape index (κ3) is 9.41. The van der Waals surface area contributed by atoms with E-state index in [1.165, 1.54) is 11.4 Å². The maximum atomic E-state index is 14.3. The van der Waals surface area contributed by atoms with Crippen molar-refractivity contribution in [3.8, 4) is 5.75 Å². The fourth-order valence-corrected chi connectivity index (χ4v) is 6.68. The second kappa shape index (κ2) is 16.4. The van der Waals surface area contributed by atoms with Gasteiger partial charge in [0.2, 0.25) is 10.0 Å². The number of hydrogen-bond acceptors (Lipinski definition) is 7. The molecule has 0 saturated carbocycles. The number of benzene rings is 3. The first-order chi connectivity index (χ1) is 22.4. The first-order valence-electron chi connectivity index (χ1n) is 16.1. The Bertz CT molecular complexity index is 1600. The molecule has 11 heteroatoms. The van der Waals surface area contributed by atoms with Crippen molar-refractivity contribution in [3.63, 3.8) is 0 Å². The van der Waals surface area contributed by atoms with Crippen molar-refractivity contribution >= 4 is 27.5 Å². The maximum Gasteiger partial charge on any atom is 0.258 e. The molecule has 0 radical (unpaired) electrons. The van der Waals surface area contributed by atoms with Crippen molar-refractivity contribution in [3.05, 3.63) is 89.5 Å². The number of aryl methyl sites for hydroxylation is 1. The number of ether oxygens (including phenoxy) is 2. The van der Waals surface area contributed by atoms with Gasteiger partial charge in [0.05, 0.1) is 35.3 Å². The van der Waals surface area contributed by atoms with E-state index in [-0.39, 0.29) is 54.0 Å². The highest BCUT2D eigenvalue weighted by Gasteiger charge is 2.32. The highest BCUT2D eigenvalue weighted by atomic mass is 32.2. The highest BCUT2D eigenvalue weighted by molar-refractivity contribution is 7.89. The molecule has 3 aromatic carbocycles. The molecule has 0 fully saturated rings. The van der Waals surface area contributed by atoms with Crippen molar-refractivity contribution < 1.29 is 32.6 Å². The summed E-state index contributed by atoms with van der Waals surface area (Å²) in [6.45, 7) is 7.91. The number of amides is 2. The molecule has 2 amide bonds. The van der Waals surface area contributed by atoms with E-state index in [2.05, 4.69) is 5.32 Å². The van der Waals surface area contributed by atoms with E-state index in [1.807, 2.05) is 26.8 Å². The van der Waals surface area contributed by atoms with Gasteiger partial charge < -0.3 is 24.8 Å². The van der Waals surface area contributed by atoms with Gasteiger partial charge in [-0.1, -0.05) is 42.8 Å². The summed E-state index contributed by atoms with van der Waals surface area (Å²) >= 11 is 0. The second-order valence-electron chi connectivity index (χ2n) is 12.4. The van der Waals surface area contributed by atoms with Crippen LogP contribution in [0.25, 0.3) is 0 Å². The van der Waals surface area contributed by atoms with Crippen LogP contribution >= 0.6 is 0 Å². The third-order valence-electron chi connectivity index (χ3n) is 8.51. The number of sulfonamides is 1. The summed E-state index contributed by atoms with van der Waals surface area (Å²) < 4.78 is 40.8. The molecule has 1 aliphatic heterocycles. The molecule has 254 valence electrons. The number of fused-ring (bicyclic) bond motifs is 1. The van der Waals surface area contributed by atoms with E-state index < -0.39 is 22.2 Å². The Labute approximate surface area is 278 Å². The molecular formula is C36H47N3O7S. The monoisotopic (exact) mass is 665 g/mol. The summed E-state index contributed by atoms with van der Waals surface area (Å²) in [5.41, 5.74) is 2.12. The number of nitrogens with one attached hydrogen (secondary N) is 1. The zero-order valence-electron chi connectivity index (χ0n) is 27.9. The van der Waals surface area contributed by atoms with Crippen molar-refractivity contribution in [1.82, 2.24) is 9.21 Å². The molecule has 0 aromatic heterocycles. The first kappa shape index (κ1) is 36.1. The molecule has 1 heterocycles. The summed E-state index contributed by atoms with van der Waals surface area (Å²) in [6.07, 6.45) is 1.52. The molecule has 2 N–H and O–H groups in total. The predicted octanol–water partition coefficient (Wildman–Crippen LogP) is 5.36. The molecule has 4 rings (SSSR count). The minimum atomic E-state index is -3.79.